The zero-order chi connectivity index (χ0) is 16.4. The number of hydrogen-bond acceptors (Lipinski definition) is 5. The highest BCUT2D eigenvalue weighted by Crippen LogP contribution is 2.15. The van der Waals surface area contributed by atoms with E-state index in [-0.39, 0.29) is 5.69 Å². The zero-order valence-electron chi connectivity index (χ0n) is 12.6. The van der Waals surface area contributed by atoms with Gasteiger partial charge in [-0.1, -0.05) is 17.7 Å². The van der Waals surface area contributed by atoms with Crippen molar-refractivity contribution in [1.29, 1.82) is 0 Å². The standard InChI is InChI=1S/C16H14N4O2S/c1-10-3-5-12(6-4-10)20-8-7-13(21)14(19-20)15(22)18-16-17-11(2)9-23-16/h3-9H,1-2H3,(H,17,18,22). The molecule has 0 atom stereocenters. The van der Waals surface area contributed by atoms with E-state index in [2.05, 4.69) is 15.4 Å². The third-order valence-electron chi connectivity index (χ3n) is 3.16. The smallest absolute Gasteiger partial charge is 0.281 e. The van der Waals surface area contributed by atoms with Crippen molar-refractivity contribution < 1.29 is 4.79 Å². The average Bonchev–Trinajstić information content (AvgIpc) is 2.93. The molecule has 0 fully saturated rings. The Morgan fingerprint density at radius 2 is 1.91 bits per heavy atom. The first kappa shape index (κ1) is 15.1. The van der Waals surface area contributed by atoms with Gasteiger partial charge in [0.15, 0.2) is 10.8 Å². The van der Waals surface area contributed by atoms with Gasteiger partial charge in [-0.15, -0.1) is 11.3 Å². The molecular weight excluding hydrogens is 312 g/mol. The van der Waals surface area contributed by atoms with Crippen molar-refractivity contribution in [3.05, 3.63) is 69.1 Å². The number of anilines is 1. The predicted octanol–water partition coefficient (Wildman–Crippen LogP) is 2.56. The summed E-state index contributed by atoms with van der Waals surface area (Å²) < 4.78 is 1.50. The van der Waals surface area contributed by atoms with Crippen molar-refractivity contribution >= 4 is 22.4 Å². The van der Waals surface area contributed by atoms with Crippen molar-refractivity contribution in [2.45, 2.75) is 13.8 Å². The molecule has 23 heavy (non-hydrogen) atoms. The fraction of sp³-hybridized carbons (Fsp3) is 0.125. The fourth-order valence-corrected chi connectivity index (χ4v) is 2.66. The van der Waals surface area contributed by atoms with Crippen LogP contribution < -0.4 is 10.7 Å². The monoisotopic (exact) mass is 326 g/mol. The van der Waals surface area contributed by atoms with Gasteiger partial charge < -0.3 is 0 Å². The summed E-state index contributed by atoms with van der Waals surface area (Å²) in [7, 11) is 0. The minimum atomic E-state index is -0.564. The Bertz CT molecular complexity index is 912. The largest absolute Gasteiger partial charge is 0.296 e. The Morgan fingerprint density at radius 1 is 1.17 bits per heavy atom. The lowest BCUT2D eigenvalue weighted by molar-refractivity contribution is 0.101. The van der Waals surface area contributed by atoms with E-state index in [0.717, 1.165) is 16.9 Å². The number of amides is 1. The first-order valence-corrected chi connectivity index (χ1v) is 7.81. The molecule has 3 aromatic rings. The van der Waals surface area contributed by atoms with Gasteiger partial charge in [0, 0.05) is 17.6 Å². The maximum absolute atomic E-state index is 12.3. The van der Waals surface area contributed by atoms with Crippen LogP contribution in [0.3, 0.4) is 0 Å². The lowest BCUT2D eigenvalue weighted by Gasteiger charge is -2.07. The average molecular weight is 326 g/mol. The van der Waals surface area contributed by atoms with E-state index < -0.39 is 11.3 Å². The van der Waals surface area contributed by atoms with Crippen molar-refractivity contribution in [3.8, 4) is 5.69 Å². The summed E-state index contributed by atoms with van der Waals surface area (Å²) in [4.78, 5) is 28.3. The normalized spacial score (nSPS) is 10.5. The van der Waals surface area contributed by atoms with Crippen LogP contribution >= 0.6 is 11.3 Å². The SMILES string of the molecule is Cc1ccc(-n2ccc(=O)c(C(=O)Nc3nc(C)cs3)n2)cc1. The minimum absolute atomic E-state index is 0.166. The Labute approximate surface area is 136 Å². The first-order valence-electron chi connectivity index (χ1n) is 6.93. The molecule has 1 amide bonds. The van der Waals surface area contributed by atoms with Crippen LogP contribution in [0.25, 0.3) is 5.69 Å². The summed E-state index contributed by atoms with van der Waals surface area (Å²) in [5.41, 5.74) is 2.10. The van der Waals surface area contributed by atoms with Crippen molar-refractivity contribution in [3.63, 3.8) is 0 Å². The minimum Gasteiger partial charge on any atom is -0.296 e. The Morgan fingerprint density at radius 3 is 2.57 bits per heavy atom. The van der Waals surface area contributed by atoms with E-state index in [1.54, 1.807) is 0 Å². The van der Waals surface area contributed by atoms with Crippen LogP contribution in [-0.2, 0) is 0 Å². The molecule has 2 heterocycles. The fourth-order valence-electron chi connectivity index (χ4n) is 1.97. The summed E-state index contributed by atoms with van der Waals surface area (Å²) in [6.45, 7) is 3.81. The van der Waals surface area contributed by atoms with Gasteiger partial charge in [0.2, 0.25) is 5.43 Å². The molecule has 7 heteroatoms. The van der Waals surface area contributed by atoms with Gasteiger partial charge in [-0.25, -0.2) is 9.67 Å². The second kappa shape index (κ2) is 6.13. The molecule has 0 bridgehead atoms. The molecule has 0 unspecified atom stereocenters. The summed E-state index contributed by atoms with van der Waals surface area (Å²) in [6.07, 6.45) is 1.54. The van der Waals surface area contributed by atoms with Gasteiger partial charge in [-0.3, -0.25) is 14.9 Å². The molecule has 1 aromatic carbocycles. The number of aryl methyl sites for hydroxylation is 2. The highest BCUT2D eigenvalue weighted by Gasteiger charge is 2.15. The number of benzene rings is 1. The van der Waals surface area contributed by atoms with Crippen molar-refractivity contribution in [2.24, 2.45) is 0 Å². The molecule has 0 aliphatic rings. The van der Waals surface area contributed by atoms with Gasteiger partial charge in [-0.2, -0.15) is 5.10 Å². The number of rotatable bonds is 3. The van der Waals surface area contributed by atoms with E-state index >= 15 is 0 Å². The highest BCUT2D eigenvalue weighted by atomic mass is 32.1. The van der Waals surface area contributed by atoms with Gasteiger partial charge in [0.25, 0.3) is 5.91 Å². The van der Waals surface area contributed by atoms with Gasteiger partial charge in [0.05, 0.1) is 11.4 Å². The van der Waals surface area contributed by atoms with Gasteiger partial charge in [-0.05, 0) is 26.0 Å². The van der Waals surface area contributed by atoms with Crippen LogP contribution in [-0.4, -0.2) is 20.7 Å². The lowest BCUT2D eigenvalue weighted by Crippen LogP contribution is -2.25. The third-order valence-corrected chi connectivity index (χ3v) is 4.04. The molecule has 1 N–H and O–H groups in total. The number of nitrogens with zero attached hydrogens (tertiary/aromatic N) is 3. The van der Waals surface area contributed by atoms with E-state index in [1.807, 2.05) is 43.5 Å². The second-order valence-corrected chi connectivity index (χ2v) is 5.91. The number of aromatic nitrogens is 3. The third kappa shape index (κ3) is 3.35. The van der Waals surface area contributed by atoms with E-state index in [4.69, 9.17) is 0 Å². The topological polar surface area (TPSA) is 76.9 Å². The van der Waals surface area contributed by atoms with Crippen molar-refractivity contribution in [2.75, 3.05) is 5.32 Å². The Kier molecular flexibility index (Phi) is 4.03. The maximum Gasteiger partial charge on any atom is 0.281 e. The number of hydrogen-bond donors (Lipinski definition) is 1. The van der Waals surface area contributed by atoms with Crippen LogP contribution in [0.5, 0.6) is 0 Å². The molecule has 0 aliphatic heterocycles. The summed E-state index contributed by atoms with van der Waals surface area (Å²) >= 11 is 1.30. The van der Waals surface area contributed by atoms with E-state index in [9.17, 15) is 9.59 Å². The van der Waals surface area contributed by atoms with Crippen molar-refractivity contribution in [1.82, 2.24) is 14.8 Å². The highest BCUT2D eigenvalue weighted by molar-refractivity contribution is 7.13. The van der Waals surface area contributed by atoms with Crippen LogP contribution in [0.1, 0.15) is 21.7 Å². The molecule has 0 radical (unpaired) electrons. The summed E-state index contributed by atoms with van der Waals surface area (Å²) in [5, 5.41) is 9.01. The number of carbonyl (C=O) groups excluding carboxylic acids is 1. The molecule has 0 aliphatic carbocycles. The quantitative estimate of drug-likeness (QED) is 0.802. The van der Waals surface area contributed by atoms with E-state index in [0.29, 0.717) is 5.13 Å². The Balaban J connectivity index is 1.92. The molecule has 2 aromatic heterocycles. The molecule has 116 valence electrons. The molecule has 6 nitrogen and oxygen atoms in total. The first-order chi connectivity index (χ1) is 11.0. The number of nitrogens with one attached hydrogen (secondary N) is 1. The molecular formula is C16H14N4O2S. The van der Waals surface area contributed by atoms with Crippen LogP contribution in [0, 0.1) is 13.8 Å². The molecule has 3 rings (SSSR count). The lowest BCUT2D eigenvalue weighted by atomic mass is 10.2. The Hall–Kier alpha value is -2.80. The molecule has 0 spiro atoms. The summed E-state index contributed by atoms with van der Waals surface area (Å²) in [5.74, 6) is -0.564. The number of thiazole rings is 1. The van der Waals surface area contributed by atoms with Gasteiger partial charge >= 0.3 is 0 Å². The van der Waals surface area contributed by atoms with Crippen LogP contribution in [0.15, 0.2) is 46.7 Å². The zero-order valence-corrected chi connectivity index (χ0v) is 13.4. The molecule has 0 saturated heterocycles. The molecule has 0 saturated carbocycles. The summed E-state index contributed by atoms with van der Waals surface area (Å²) in [6, 6.07) is 8.95. The van der Waals surface area contributed by atoms with Crippen LogP contribution in [0.2, 0.25) is 0 Å². The second-order valence-electron chi connectivity index (χ2n) is 5.06. The number of carbonyl (C=O) groups is 1. The van der Waals surface area contributed by atoms with E-state index in [1.165, 1.54) is 28.3 Å². The van der Waals surface area contributed by atoms with Gasteiger partial charge in [0.1, 0.15) is 0 Å². The maximum atomic E-state index is 12.3. The van der Waals surface area contributed by atoms with Crippen LogP contribution in [0.4, 0.5) is 5.13 Å². The predicted molar refractivity (Wildman–Crippen MR) is 89.4 cm³/mol.